The molecular weight excluding hydrogens is 282 g/mol. The highest BCUT2D eigenvalue weighted by Crippen LogP contribution is 2.21. The summed E-state index contributed by atoms with van der Waals surface area (Å²) in [4.78, 5) is 27.9. The normalized spacial score (nSPS) is 18.3. The maximum absolute atomic E-state index is 12.3. The van der Waals surface area contributed by atoms with Crippen LogP contribution in [0.2, 0.25) is 0 Å². The topological polar surface area (TPSA) is 75.9 Å². The number of nitrogens with zero attached hydrogens (tertiary/aromatic N) is 2. The van der Waals surface area contributed by atoms with Gasteiger partial charge < -0.3 is 20.3 Å². The first kappa shape index (κ1) is 18.7. The maximum atomic E-state index is 12.3. The van der Waals surface area contributed by atoms with E-state index < -0.39 is 11.6 Å². The highest BCUT2D eigenvalue weighted by atomic mass is 16.6. The molecule has 2 amide bonds. The molecule has 22 heavy (non-hydrogen) atoms. The summed E-state index contributed by atoms with van der Waals surface area (Å²) in [5.74, 6) is -0.0225. The lowest BCUT2D eigenvalue weighted by Crippen LogP contribution is -2.55. The van der Waals surface area contributed by atoms with E-state index in [0.717, 1.165) is 12.8 Å². The molecule has 6 nitrogen and oxygen atoms in total. The molecule has 1 atom stereocenters. The van der Waals surface area contributed by atoms with Gasteiger partial charge in [0.15, 0.2) is 0 Å². The van der Waals surface area contributed by atoms with Crippen molar-refractivity contribution in [2.24, 2.45) is 5.73 Å². The predicted molar refractivity (Wildman–Crippen MR) is 86.5 cm³/mol. The smallest absolute Gasteiger partial charge is 0.410 e. The molecule has 2 N–H and O–H groups in total. The zero-order valence-electron chi connectivity index (χ0n) is 14.8. The summed E-state index contributed by atoms with van der Waals surface area (Å²) >= 11 is 0. The van der Waals surface area contributed by atoms with Crippen molar-refractivity contribution in [2.75, 3.05) is 13.1 Å². The first-order valence-electron chi connectivity index (χ1n) is 8.08. The molecule has 0 saturated carbocycles. The Labute approximate surface area is 134 Å². The molecule has 1 saturated heterocycles. The van der Waals surface area contributed by atoms with Crippen LogP contribution in [0.15, 0.2) is 0 Å². The van der Waals surface area contributed by atoms with Crippen LogP contribution in [0.3, 0.4) is 0 Å². The van der Waals surface area contributed by atoms with Crippen molar-refractivity contribution in [1.82, 2.24) is 9.80 Å². The summed E-state index contributed by atoms with van der Waals surface area (Å²) in [5, 5.41) is 0. The van der Waals surface area contributed by atoms with Crippen molar-refractivity contribution in [3.05, 3.63) is 0 Å². The third kappa shape index (κ3) is 5.16. The Hall–Kier alpha value is -1.30. The van der Waals surface area contributed by atoms with E-state index in [-0.39, 0.29) is 24.1 Å². The SMILES string of the molecule is CC(C)N(C(=O)[C@H](C)N)C1CCN(C(=O)OC(C)(C)C)CC1. The minimum Gasteiger partial charge on any atom is -0.444 e. The fourth-order valence-electron chi connectivity index (χ4n) is 2.74. The number of nitrogens with two attached hydrogens (primary N) is 1. The number of carbonyl (C=O) groups is 2. The van der Waals surface area contributed by atoms with Gasteiger partial charge in [0, 0.05) is 25.2 Å². The third-order valence-electron chi connectivity index (χ3n) is 3.71. The van der Waals surface area contributed by atoms with E-state index in [1.807, 2.05) is 39.5 Å². The highest BCUT2D eigenvalue weighted by molar-refractivity contribution is 5.81. The van der Waals surface area contributed by atoms with E-state index in [1.54, 1.807) is 11.8 Å². The quantitative estimate of drug-likeness (QED) is 0.864. The summed E-state index contributed by atoms with van der Waals surface area (Å²) in [6.07, 6.45) is 1.24. The van der Waals surface area contributed by atoms with Crippen LogP contribution in [0.5, 0.6) is 0 Å². The van der Waals surface area contributed by atoms with Crippen molar-refractivity contribution in [1.29, 1.82) is 0 Å². The van der Waals surface area contributed by atoms with E-state index in [1.165, 1.54) is 0 Å². The van der Waals surface area contributed by atoms with Crippen molar-refractivity contribution in [2.45, 2.75) is 78.1 Å². The minimum absolute atomic E-state index is 0.0225. The summed E-state index contributed by atoms with van der Waals surface area (Å²) in [6, 6.07) is -0.250. The number of hydrogen-bond donors (Lipinski definition) is 1. The zero-order valence-corrected chi connectivity index (χ0v) is 14.8. The lowest BCUT2D eigenvalue weighted by atomic mass is 10.0. The van der Waals surface area contributed by atoms with Gasteiger partial charge in [-0.05, 0) is 54.4 Å². The predicted octanol–water partition coefficient (Wildman–Crippen LogP) is 1.97. The molecule has 0 spiro atoms. The molecule has 1 rings (SSSR count). The van der Waals surface area contributed by atoms with Crippen LogP contribution >= 0.6 is 0 Å². The fourth-order valence-corrected chi connectivity index (χ4v) is 2.74. The molecule has 1 aliphatic heterocycles. The Kier molecular flexibility index (Phi) is 6.23. The largest absolute Gasteiger partial charge is 0.444 e. The first-order chi connectivity index (χ1) is 10.0. The van der Waals surface area contributed by atoms with Crippen LogP contribution in [0.1, 0.15) is 54.4 Å². The van der Waals surface area contributed by atoms with Gasteiger partial charge in [0.2, 0.25) is 5.91 Å². The van der Waals surface area contributed by atoms with Crippen LogP contribution < -0.4 is 5.73 Å². The van der Waals surface area contributed by atoms with Gasteiger partial charge in [-0.2, -0.15) is 0 Å². The van der Waals surface area contributed by atoms with Gasteiger partial charge in [0.05, 0.1) is 6.04 Å². The first-order valence-corrected chi connectivity index (χ1v) is 8.08. The van der Waals surface area contributed by atoms with Crippen molar-refractivity contribution in [3.63, 3.8) is 0 Å². The van der Waals surface area contributed by atoms with E-state index >= 15 is 0 Å². The van der Waals surface area contributed by atoms with E-state index in [4.69, 9.17) is 10.5 Å². The maximum Gasteiger partial charge on any atom is 0.410 e. The Balaban J connectivity index is 2.63. The van der Waals surface area contributed by atoms with Crippen LogP contribution in [0.4, 0.5) is 4.79 Å². The number of carbonyl (C=O) groups excluding carboxylic acids is 2. The molecule has 0 aromatic heterocycles. The van der Waals surface area contributed by atoms with Gasteiger partial charge in [-0.15, -0.1) is 0 Å². The number of rotatable bonds is 3. The number of hydrogen-bond acceptors (Lipinski definition) is 4. The molecule has 0 unspecified atom stereocenters. The molecule has 1 fully saturated rings. The Morgan fingerprint density at radius 2 is 1.68 bits per heavy atom. The van der Waals surface area contributed by atoms with Gasteiger partial charge in [-0.25, -0.2) is 4.79 Å². The molecule has 1 aliphatic rings. The summed E-state index contributed by atoms with van der Waals surface area (Å²) in [6.45, 7) is 12.5. The number of amides is 2. The van der Waals surface area contributed by atoms with Gasteiger partial charge >= 0.3 is 6.09 Å². The van der Waals surface area contributed by atoms with Gasteiger partial charge in [0.25, 0.3) is 0 Å². The van der Waals surface area contributed by atoms with Crippen molar-refractivity contribution < 1.29 is 14.3 Å². The van der Waals surface area contributed by atoms with Crippen molar-refractivity contribution in [3.8, 4) is 0 Å². The average Bonchev–Trinajstić information content (AvgIpc) is 2.37. The number of piperidine rings is 1. The standard InChI is InChI=1S/C16H31N3O3/c1-11(2)19(14(20)12(3)17)13-7-9-18(10-8-13)15(21)22-16(4,5)6/h11-13H,7-10,17H2,1-6H3/t12-/m0/s1. The van der Waals surface area contributed by atoms with Crippen molar-refractivity contribution >= 4 is 12.0 Å². The molecular formula is C16H31N3O3. The lowest BCUT2D eigenvalue weighted by molar-refractivity contribution is -0.137. The molecule has 0 aliphatic carbocycles. The molecule has 0 bridgehead atoms. The van der Waals surface area contributed by atoms with Crippen LogP contribution in [-0.4, -0.2) is 58.6 Å². The monoisotopic (exact) mass is 313 g/mol. The van der Waals surface area contributed by atoms with Gasteiger partial charge in [-0.3, -0.25) is 4.79 Å². The summed E-state index contributed by atoms with van der Waals surface area (Å²) in [5.41, 5.74) is 5.27. The molecule has 0 radical (unpaired) electrons. The van der Waals surface area contributed by atoms with E-state index in [9.17, 15) is 9.59 Å². The van der Waals surface area contributed by atoms with E-state index in [0.29, 0.717) is 13.1 Å². The Bertz CT molecular complexity index is 394. The Morgan fingerprint density at radius 1 is 1.18 bits per heavy atom. The molecule has 0 aromatic carbocycles. The second-order valence-corrected chi connectivity index (χ2v) is 7.33. The zero-order chi connectivity index (χ0) is 17.1. The van der Waals surface area contributed by atoms with Gasteiger partial charge in [0.1, 0.15) is 5.60 Å². The molecule has 1 heterocycles. The average molecular weight is 313 g/mol. The van der Waals surface area contributed by atoms with Crippen LogP contribution in [-0.2, 0) is 9.53 Å². The second kappa shape index (κ2) is 7.31. The highest BCUT2D eigenvalue weighted by Gasteiger charge is 2.33. The summed E-state index contributed by atoms with van der Waals surface area (Å²) < 4.78 is 5.39. The minimum atomic E-state index is -0.494. The second-order valence-electron chi connectivity index (χ2n) is 7.33. The molecule has 0 aromatic rings. The number of ether oxygens (including phenoxy) is 1. The van der Waals surface area contributed by atoms with Crippen LogP contribution in [0, 0.1) is 0 Å². The molecule has 128 valence electrons. The molecule has 6 heteroatoms. The van der Waals surface area contributed by atoms with E-state index in [2.05, 4.69) is 0 Å². The lowest BCUT2D eigenvalue weighted by Gasteiger charge is -2.41. The van der Waals surface area contributed by atoms with Gasteiger partial charge in [-0.1, -0.05) is 0 Å². The van der Waals surface area contributed by atoms with Crippen LogP contribution in [0.25, 0.3) is 0 Å². The third-order valence-corrected chi connectivity index (χ3v) is 3.71. The Morgan fingerprint density at radius 3 is 2.05 bits per heavy atom. The number of likely N-dealkylation sites (tertiary alicyclic amines) is 1. The fraction of sp³-hybridized carbons (Fsp3) is 0.875. The summed E-state index contributed by atoms with van der Waals surface area (Å²) in [7, 11) is 0.